The lowest BCUT2D eigenvalue weighted by Crippen LogP contribution is -2.47. The topological polar surface area (TPSA) is 84.7 Å². The second kappa shape index (κ2) is 8.42. The average molecular weight is 432 g/mol. The van der Waals surface area contributed by atoms with Crippen molar-refractivity contribution in [3.05, 3.63) is 46.5 Å². The highest BCUT2D eigenvalue weighted by atomic mass is 19.1. The van der Waals surface area contributed by atoms with Gasteiger partial charge in [-0.05, 0) is 53.0 Å². The van der Waals surface area contributed by atoms with Gasteiger partial charge in [0.15, 0.2) is 11.6 Å². The third kappa shape index (κ3) is 3.96. The monoisotopic (exact) mass is 431 g/mol. The summed E-state index contributed by atoms with van der Waals surface area (Å²) in [4.78, 5) is 31.7. The lowest BCUT2D eigenvalue weighted by Gasteiger charge is -2.37. The van der Waals surface area contributed by atoms with Crippen LogP contribution >= 0.6 is 0 Å². The minimum Gasteiger partial charge on any atom is -0.462 e. The highest BCUT2D eigenvalue weighted by Crippen LogP contribution is 2.38. The van der Waals surface area contributed by atoms with Crippen LogP contribution in [-0.4, -0.2) is 45.9 Å². The first-order valence-corrected chi connectivity index (χ1v) is 10.5. The molecule has 7 nitrogen and oxygen atoms in total. The van der Waals surface area contributed by atoms with Crippen molar-refractivity contribution in [2.24, 2.45) is 0 Å². The van der Waals surface area contributed by atoms with Gasteiger partial charge in [-0.1, -0.05) is 6.08 Å². The number of hydrogen-bond donors (Lipinski definition) is 1. The minimum atomic E-state index is -0.748. The average Bonchev–Trinajstić information content (AvgIpc) is 3.11. The molecule has 0 spiro atoms. The van der Waals surface area contributed by atoms with Crippen molar-refractivity contribution in [3.63, 3.8) is 0 Å². The van der Waals surface area contributed by atoms with Crippen molar-refractivity contribution < 1.29 is 19.0 Å². The third-order valence-corrected chi connectivity index (χ3v) is 5.80. The van der Waals surface area contributed by atoms with E-state index in [1.54, 1.807) is 22.5 Å². The number of anilines is 1. The first-order valence-electron chi connectivity index (χ1n) is 10.5. The number of aliphatic hydroxyl groups is 1. The van der Waals surface area contributed by atoms with Gasteiger partial charge >= 0.3 is 5.97 Å². The van der Waals surface area contributed by atoms with E-state index in [4.69, 9.17) is 4.74 Å². The maximum Gasteiger partial charge on any atom is 0.343 e. The quantitative estimate of drug-likeness (QED) is 0.558. The lowest BCUT2D eigenvalue weighted by molar-refractivity contribution is 0.0524. The highest BCUT2D eigenvalue weighted by molar-refractivity contribution is 5.93. The molecule has 2 aromatic rings. The summed E-state index contributed by atoms with van der Waals surface area (Å²) in [5, 5.41) is 10.1. The van der Waals surface area contributed by atoms with Gasteiger partial charge in [-0.2, -0.15) is 0 Å². The normalized spacial score (nSPS) is 19.1. The van der Waals surface area contributed by atoms with Crippen LogP contribution in [0, 0.1) is 5.82 Å². The smallest absolute Gasteiger partial charge is 0.343 e. The van der Waals surface area contributed by atoms with Crippen molar-refractivity contribution in [1.82, 2.24) is 9.55 Å². The van der Waals surface area contributed by atoms with Crippen LogP contribution in [0.25, 0.3) is 11.0 Å². The molecule has 3 rings (SSSR count). The number of rotatable bonds is 6. The number of hydrogen-bond acceptors (Lipinski definition) is 6. The number of esters is 1. The number of fused-ring (bicyclic) bond motifs is 1. The van der Waals surface area contributed by atoms with Gasteiger partial charge in [-0.15, -0.1) is 6.58 Å². The molecule has 0 radical (unpaired) electrons. The molecule has 8 heteroatoms. The Bertz CT molecular complexity index is 1070. The Labute approximate surface area is 181 Å². The van der Waals surface area contributed by atoms with Gasteiger partial charge in [0.1, 0.15) is 11.2 Å². The number of aromatic nitrogens is 2. The van der Waals surface area contributed by atoms with Crippen molar-refractivity contribution in [2.45, 2.75) is 58.0 Å². The maximum absolute atomic E-state index is 15.3. The molecule has 1 unspecified atom stereocenters. The SMILES string of the molecule is C=CCC1(CO)CCCN1c1nc2c(cc1F)c(=O)c(C(=O)OCC)cn2C(C)(C)C. The Balaban J connectivity index is 2.30. The molecule has 168 valence electrons. The Morgan fingerprint density at radius 3 is 2.74 bits per heavy atom. The molecule has 31 heavy (non-hydrogen) atoms. The Kier molecular flexibility index (Phi) is 6.23. The first kappa shape index (κ1) is 22.9. The summed E-state index contributed by atoms with van der Waals surface area (Å²) >= 11 is 0. The fraction of sp³-hybridized carbons (Fsp3) is 0.522. The van der Waals surface area contributed by atoms with Gasteiger partial charge in [0, 0.05) is 18.3 Å². The van der Waals surface area contributed by atoms with Gasteiger partial charge < -0.3 is 19.3 Å². The summed E-state index contributed by atoms with van der Waals surface area (Å²) in [5.41, 5.74) is -1.72. The summed E-state index contributed by atoms with van der Waals surface area (Å²) in [6.45, 7) is 11.6. The van der Waals surface area contributed by atoms with E-state index in [0.29, 0.717) is 19.4 Å². The zero-order chi connectivity index (χ0) is 23.0. The van der Waals surface area contributed by atoms with Crippen molar-refractivity contribution in [3.8, 4) is 0 Å². The van der Waals surface area contributed by atoms with Gasteiger partial charge in [-0.25, -0.2) is 14.2 Å². The first-order chi connectivity index (χ1) is 14.6. The molecule has 0 aliphatic carbocycles. The van der Waals surface area contributed by atoms with Gasteiger partial charge in [0.25, 0.3) is 0 Å². The maximum atomic E-state index is 15.3. The summed E-state index contributed by atoms with van der Waals surface area (Å²) in [5.74, 6) is -1.33. The van der Waals surface area contributed by atoms with Crippen LogP contribution in [0.15, 0.2) is 29.7 Å². The molecule has 0 amide bonds. The van der Waals surface area contributed by atoms with E-state index in [-0.39, 0.29) is 35.6 Å². The van der Waals surface area contributed by atoms with Crippen LogP contribution in [0.3, 0.4) is 0 Å². The summed E-state index contributed by atoms with van der Waals surface area (Å²) in [7, 11) is 0. The highest BCUT2D eigenvalue weighted by Gasteiger charge is 2.41. The fourth-order valence-corrected chi connectivity index (χ4v) is 4.25. The number of ether oxygens (including phenoxy) is 1. The lowest BCUT2D eigenvalue weighted by atomic mass is 9.93. The number of halogens is 1. The summed E-state index contributed by atoms with van der Waals surface area (Å²) < 4.78 is 22.0. The molecule has 1 saturated heterocycles. The van der Waals surface area contributed by atoms with Gasteiger partial charge in [-0.3, -0.25) is 4.79 Å². The van der Waals surface area contributed by atoms with Crippen LogP contribution in [-0.2, 0) is 10.3 Å². The Hall–Kier alpha value is -2.74. The molecule has 0 saturated carbocycles. The Morgan fingerprint density at radius 2 is 2.16 bits per heavy atom. The number of aliphatic hydroxyl groups excluding tert-OH is 1. The predicted molar refractivity (Wildman–Crippen MR) is 118 cm³/mol. The van der Waals surface area contributed by atoms with Gasteiger partial charge in [0.2, 0.25) is 5.43 Å². The van der Waals surface area contributed by atoms with E-state index in [1.807, 2.05) is 20.8 Å². The van der Waals surface area contributed by atoms with Crippen LogP contribution in [0.2, 0.25) is 0 Å². The molecule has 1 aliphatic rings. The van der Waals surface area contributed by atoms with Crippen LogP contribution < -0.4 is 10.3 Å². The van der Waals surface area contributed by atoms with Crippen LogP contribution in [0.1, 0.15) is 57.3 Å². The molecule has 0 aromatic carbocycles. The van der Waals surface area contributed by atoms with E-state index in [1.165, 1.54) is 6.20 Å². The van der Waals surface area contributed by atoms with Crippen molar-refractivity contribution in [2.75, 3.05) is 24.7 Å². The number of carbonyl (C=O) groups excluding carboxylic acids is 1. The molecule has 1 atom stereocenters. The van der Waals surface area contributed by atoms with E-state index in [9.17, 15) is 14.7 Å². The molecule has 0 bridgehead atoms. The Morgan fingerprint density at radius 1 is 1.45 bits per heavy atom. The number of carbonyl (C=O) groups is 1. The standard InChI is InChI=1S/C23H30FN3O4/c1-6-9-23(14-28)10-8-11-26(23)20-17(24)12-15-18(29)16(21(30)31-7-2)13-27(19(15)25-20)22(3,4)5/h6,12-13,28H,1,7-11,14H2,2-5H3. The number of nitrogens with zero attached hydrogens (tertiary/aromatic N) is 3. The third-order valence-electron chi connectivity index (χ3n) is 5.80. The zero-order valence-corrected chi connectivity index (χ0v) is 18.6. The molecule has 3 heterocycles. The van der Waals surface area contributed by atoms with E-state index < -0.39 is 28.3 Å². The largest absolute Gasteiger partial charge is 0.462 e. The van der Waals surface area contributed by atoms with Gasteiger partial charge in [0.05, 0.1) is 24.1 Å². The molecule has 1 fully saturated rings. The molecular weight excluding hydrogens is 401 g/mol. The van der Waals surface area contributed by atoms with E-state index >= 15 is 4.39 Å². The second-order valence-electron chi connectivity index (χ2n) is 8.93. The summed E-state index contributed by atoms with van der Waals surface area (Å²) in [6.07, 6.45) is 5.09. The summed E-state index contributed by atoms with van der Waals surface area (Å²) in [6, 6.07) is 1.14. The number of pyridine rings is 2. The predicted octanol–water partition coefficient (Wildman–Crippen LogP) is 3.37. The van der Waals surface area contributed by atoms with Crippen LogP contribution in [0.5, 0.6) is 0 Å². The zero-order valence-electron chi connectivity index (χ0n) is 18.6. The van der Waals surface area contributed by atoms with E-state index in [0.717, 1.165) is 12.5 Å². The van der Waals surface area contributed by atoms with Crippen molar-refractivity contribution in [1.29, 1.82) is 0 Å². The molecule has 1 N–H and O–H groups in total. The molecule has 1 aliphatic heterocycles. The molecular formula is C23H30FN3O4. The van der Waals surface area contributed by atoms with Crippen molar-refractivity contribution >= 4 is 22.8 Å². The second-order valence-corrected chi connectivity index (χ2v) is 8.93. The fourth-order valence-electron chi connectivity index (χ4n) is 4.25. The van der Waals surface area contributed by atoms with E-state index in [2.05, 4.69) is 11.6 Å². The minimum absolute atomic E-state index is 0.0132. The van der Waals surface area contributed by atoms with Crippen LogP contribution in [0.4, 0.5) is 10.2 Å². The molecule has 2 aromatic heterocycles.